The van der Waals surface area contributed by atoms with Gasteiger partial charge in [0, 0.05) is 132 Å². The molecule has 13 atom stereocenters. The Bertz CT molecular complexity index is 3620. The predicted molar refractivity (Wildman–Crippen MR) is 403 cm³/mol. The molecule has 7 amide bonds. The van der Waals surface area contributed by atoms with Crippen LogP contribution in [-0.2, 0) is 39.9 Å². The monoisotopic (exact) mass is 1550 g/mol. The summed E-state index contributed by atoms with van der Waals surface area (Å²) in [6, 6.07) is 15.1. The van der Waals surface area contributed by atoms with E-state index in [0.717, 1.165) is 84.9 Å². The maximum absolute atomic E-state index is 15.1. The maximum Gasteiger partial charge on any atom is 0.266 e. The van der Waals surface area contributed by atoms with Crippen LogP contribution in [0.3, 0.4) is 0 Å². The summed E-state index contributed by atoms with van der Waals surface area (Å²) in [6.07, 6.45) is -6.04. The minimum atomic E-state index is -4.75. The van der Waals surface area contributed by atoms with Crippen LogP contribution in [0.1, 0.15) is 99.0 Å². The molecule has 5 saturated heterocycles. The molecule has 34 heteroatoms. The van der Waals surface area contributed by atoms with E-state index in [4.69, 9.17) is 4.74 Å². The average Bonchev–Trinajstić information content (AvgIpc) is 1.62. The van der Waals surface area contributed by atoms with Gasteiger partial charge in [0.05, 0.1) is 55.9 Å². The van der Waals surface area contributed by atoms with Gasteiger partial charge in [-0.05, 0) is 142 Å². The number of rotatable bonds is 27. The molecule has 596 valence electrons. The number of aromatic hydroxyl groups is 1. The van der Waals surface area contributed by atoms with Gasteiger partial charge in [0.15, 0.2) is 11.5 Å². The van der Waals surface area contributed by atoms with Crippen LogP contribution in [0, 0.1) is 5.92 Å². The third-order valence-electron chi connectivity index (χ3n) is 21.0. The maximum atomic E-state index is 15.1. The van der Waals surface area contributed by atoms with Gasteiger partial charge in [-0.2, -0.15) is 0 Å². The zero-order valence-electron chi connectivity index (χ0n) is 61.3. The van der Waals surface area contributed by atoms with Crippen molar-refractivity contribution in [2.75, 3.05) is 120 Å². The Morgan fingerprint density at radius 1 is 0.676 bits per heavy atom. The number of nitrogens with zero attached hydrogens (tertiary/aromatic N) is 6. The highest BCUT2D eigenvalue weighted by molar-refractivity contribution is 8.15. The summed E-state index contributed by atoms with van der Waals surface area (Å²) >= 11 is -2.82. The van der Waals surface area contributed by atoms with Gasteiger partial charge in [-0.1, -0.05) is 38.0 Å². The first-order valence-corrected chi connectivity index (χ1v) is 39.3. The van der Waals surface area contributed by atoms with Crippen LogP contribution in [0.15, 0.2) is 95.9 Å². The largest absolute Gasteiger partial charge is 0.504 e. The molecule has 1 unspecified atom stereocenters. The number of amides is 7. The molecule has 0 bridgehead atoms. The lowest BCUT2D eigenvalue weighted by Gasteiger charge is -2.38. The van der Waals surface area contributed by atoms with Crippen molar-refractivity contribution in [3.63, 3.8) is 0 Å². The lowest BCUT2D eigenvalue weighted by molar-refractivity contribution is -0.147. The van der Waals surface area contributed by atoms with Crippen molar-refractivity contribution < 1.29 is 102 Å². The molecule has 4 aromatic carbocycles. The molecule has 9 rings (SSSR count). The Morgan fingerprint density at radius 2 is 1.26 bits per heavy atom. The number of phenols is 1. The Kier molecular flexibility index (Phi) is 30.7. The normalized spacial score (nSPS) is 25.2. The Balaban J connectivity index is 0.895. The molecule has 0 spiro atoms. The molecule has 0 saturated carbocycles. The molecule has 0 aliphatic carbocycles. The number of fused-ring (bicyclic) bond motifs is 2. The fraction of sp³-hybridized carbons (Fsp3) is 0.581. The Hall–Kier alpha value is -7.65. The summed E-state index contributed by atoms with van der Waals surface area (Å²) in [5, 5.41) is 112. The highest BCUT2D eigenvalue weighted by Crippen LogP contribution is 2.41. The SMILES string of the molecule is COCCCCCCSc1ccc(C2CCN(c3ccc(N4CCN(c5ccc(C(=O)NC6C[C@@H](O)CNC(=O)[C@@H]7[C@@H](O)[C@@H](C)CN7C(=O)[C@H]([C@H](O)CCN(C)C(CO)CO)NC(=O)[C@H]([C@H](O)Cc7ccc(O)c(OS(O)(O)O)c7)NC(=O)[C@@H]7C[C@@H](O)CN7C(=O)[C@H]([C@@H](C)O)NC6=O)cc5)CC4)cc3)CC2)cc1. The number of anilines is 3. The van der Waals surface area contributed by atoms with Gasteiger partial charge in [-0.15, -0.1) is 11.8 Å². The van der Waals surface area contributed by atoms with E-state index in [9.17, 15) is 88.4 Å². The Labute approximate surface area is 634 Å². The second-order valence-corrected chi connectivity index (χ2v) is 31.0. The van der Waals surface area contributed by atoms with Crippen LogP contribution < -0.4 is 45.5 Å². The van der Waals surface area contributed by atoms with E-state index in [-0.39, 0.29) is 24.2 Å². The number of carbonyl (C=O) groups is 7. The number of likely N-dealkylation sites (N-methyl/N-ethyl adjacent to an activating group) is 1. The van der Waals surface area contributed by atoms with Gasteiger partial charge in [0.2, 0.25) is 35.4 Å². The van der Waals surface area contributed by atoms with Crippen molar-refractivity contribution in [1.82, 2.24) is 41.3 Å². The topological polar surface area (TPSA) is 460 Å². The third kappa shape index (κ3) is 22.5. The van der Waals surface area contributed by atoms with Gasteiger partial charge < -0.3 is 106 Å². The number of methoxy groups -OCH3 is 1. The van der Waals surface area contributed by atoms with E-state index in [1.165, 1.54) is 60.3 Å². The van der Waals surface area contributed by atoms with Crippen LogP contribution in [0.25, 0.3) is 0 Å². The second-order valence-electron chi connectivity index (χ2n) is 28.8. The van der Waals surface area contributed by atoms with Gasteiger partial charge in [-0.25, -0.2) is 0 Å². The molecule has 108 heavy (non-hydrogen) atoms. The van der Waals surface area contributed by atoms with E-state index in [1.807, 2.05) is 11.8 Å². The number of thioether (sulfide) groups is 1. The first-order chi connectivity index (χ1) is 51.5. The van der Waals surface area contributed by atoms with E-state index < -0.39 is 201 Å². The van der Waals surface area contributed by atoms with E-state index in [2.05, 4.69) is 94.0 Å². The van der Waals surface area contributed by atoms with Gasteiger partial charge in [-0.3, -0.25) is 52.1 Å². The zero-order valence-corrected chi connectivity index (χ0v) is 63.0. The molecule has 5 heterocycles. The summed E-state index contributed by atoms with van der Waals surface area (Å²) in [7, 11) is 3.23. The van der Waals surface area contributed by atoms with Crippen molar-refractivity contribution in [2.45, 2.75) is 168 Å². The summed E-state index contributed by atoms with van der Waals surface area (Å²) in [5.41, 5.74) is 4.52. The molecule has 5 aliphatic rings. The van der Waals surface area contributed by atoms with Crippen LogP contribution in [0.5, 0.6) is 11.5 Å². The zero-order chi connectivity index (χ0) is 78.1. The van der Waals surface area contributed by atoms with Crippen molar-refractivity contribution >= 4 is 81.3 Å². The number of piperidine rings is 1. The molecular weight excluding hydrogens is 1440 g/mol. The minimum Gasteiger partial charge on any atom is -0.504 e. The van der Waals surface area contributed by atoms with E-state index in [0.29, 0.717) is 32.1 Å². The van der Waals surface area contributed by atoms with Crippen LogP contribution >= 0.6 is 22.9 Å². The number of unbranched alkanes of at least 4 members (excludes halogenated alkanes) is 3. The first-order valence-electron chi connectivity index (χ1n) is 36.8. The van der Waals surface area contributed by atoms with Crippen LogP contribution in [0.4, 0.5) is 17.1 Å². The lowest BCUT2D eigenvalue weighted by atomic mass is 9.89. The highest BCUT2D eigenvalue weighted by Gasteiger charge is 2.50. The number of aliphatic hydroxyl groups excluding tert-OH is 8. The van der Waals surface area contributed by atoms with E-state index >= 15 is 4.79 Å². The number of hydrogen-bond donors (Lipinski definition) is 17. The number of ether oxygens (including phenoxy) is 1. The fourth-order valence-electron chi connectivity index (χ4n) is 14.5. The van der Waals surface area contributed by atoms with Crippen molar-refractivity contribution in [1.29, 1.82) is 0 Å². The van der Waals surface area contributed by atoms with Gasteiger partial charge in [0.1, 0.15) is 36.3 Å². The first kappa shape index (κ1) is 84.4. The van der Waals surface area contributed by atoms with Crippen molar-refractivity contribution in [3.05, 3.63) is 108 Å². The number of nitrogens with one attached hydrogen (secondary N) is 5. The summed E-state index contributed by atoms with van der Waals surface area (Å²) in [5.74, 6) is -8.67. The molecule has 0 radical (unpaired) electrons. The quantitative estimate of drug-likeness (QED) is 0.0286. The van der Waals surface area contributed by atoms with Gasteiger partial charge >= 0.3 is 0 Å². The second kappa shape index (κ2) is 39.3. The lowest BCUT2D eigenvalue weighted by Crippen LogP contribution is -2.64. The molecular formula is C74H107N11O21S2. The third-order valence-corrected chi connectivity index (χ3v) is 22.5. The molecule has 32 nitrogen and oxygen atoms in total. The number of hydrogen-bond acceptors (Lipinski definition) is 26. The highest BCUT2D eigenvalue weighted by atomic mass is 32.3. The van der Waals surface area contributed by atoms with Crippen LogP contribution in [0.2, 0.25) is 0 Å². The summed E-state index contributed by atoms with van der Waals surface area (Å²) < 4.78 is 38.7. The number of benzene rings is 4. The number of piperazine rings is 1. The summed E-state index contributed by atoms with van der Waals surface area (Å²) in [4.78, 5) is 114. The number of aliphatic hydroxyl groups is 8. The van der Waals surface area contributed by atoms with Gasteiger partial charge in [0.25, 0.3) is 17.1 Å². The predicted octanol–water partition coefficient (Wildman–Crippen LogP) is 0.543. The minimum absolute atomic E-state index is 0.0558. The summed E-state index contributed by atoms with van der Waals surface area (Å²) in [6.45, 7) is 5.22. The van der Waals surface area contributed by atoms with E-state index in [1.54, 1.807) is 31.4 Å². The smallest absolute Gasteiger partial charge is 0.266 e. The molecule has 5 fully saturated rings. The standard InChI is InChI=1S/C74H107N11O21S2/c1-44-40-85-66(67(44)94)72(99)75-39-54(89)37-57(76-68(95)49-10-14-50(15-11-49)82-29-31-83(32-30-82)52-18-16-51(17-19-52)81-27-23-48(24-28-81)47-12-20-56(21-13-47)107-34-8-6-5-7-33-105-4)69(96)77-63(45(2)88)73(100)84-41-55(90)38-58(84)70(97)78-64(61(93)35-46-9-22-59(91)62(36-46)106-108(102,103)104)71(98)79-65(74(85)101)60(92)25-26-80(3)53(42-86)43-87/h9-22,36,44-45,48,53-55,57-58,60-61,63-67,86-94,102-104H,5-8,23-35,37-43H2,1-4H3,(H,75,99)(H,76,95)(H,77,96)(H,78,97)(H,79,98)/t44-,45+,54+,55+,57?,58-,60+,61+,63-,64-,65-,66-,67-/m0/s1. The molecule has 17 N–H and O–H groups in total. The number of β-amino-alcohol motifs (C(OH)–C–C–N with tert-alkyl or cyclic N) is 1. The Morgan fingerprint density at radius 3 is 1.86 bits per heavy atom. The molecule has 5 aliphatic heterocycles. The number of carbonyl (C=O) groups excluding carboxylic acids is 7. The molecule has 4 aromatic rings. The van der Waals surface area contributed by atoms with Crippen molar-refractivity contribution in [3.8, 4) is 11.5 Å². The van der Waals surface area contributed by atoms with Crippen molar-refractivity contribution in [2.24, 2.45) is 5.92 Å². The molecule has 0 aromatic heterocycles. The number of phenolic OH excluding ortho intramolecular Hbond substituents is 1. The fourth-order valence-corrected chi connectivity index (χ4v) is 15.8. The van der Waals surface area contributed by atoms with Crippen LogP contribution in [-0.4, -0.2) is 300 Å². The average molecular weight is 1550 g/mol.